The minimum absolute atomic E-state index is 0.0695. The Bertz CT molecular complexity index is 1360. The van der Waals surface area contributed by atoms with Crippen LogP contribution >= 0.6 is 23.2 Å². The molecule has 5 unspecified atom stereocenters. The number of aldehydes is 1. The molecule has 5 N–H and O–H groups in total. The highest BCUT2D eigenvalue weighted by Crippen LogP contribution is 2.77. The molecule has 1 heterocycles. The molecule has 230 valence electrons. The SMILES string of the molecule is CNc1cc(Cl)c(F)cc1C1(C=O)C(c2cccc(Cl)c2)C2(C(=O)NCCC(O)CNC(C)(C)C)NC21CC(C)(C)C. The van der Waals surface area contributed by atoms with Crippen molar-refractivity contribution in [2.75, 3.05) is 25.5 Å². The summed E-state index contributed by atoms with van der Waals surface area (Å²) in [4.78, 5) is 27.8. The second-order valence-corrected chi connectivity index (χ2v) is 14.8. The molecule has 2 aromatic carbocycles. The van der Waals surface area contributed by atoms with Crippen LogP contribution in [0.5, 0.6) is 0 Å². The molecule has 1 aliphatic heterocycles. The fourth-order valence-electron chi connectivity index (χ4n) is 7.00. The molecule has 1 aliphatic carbocycles. The van der Waals surface area contributed by atoms with Gasteiger partial charge < -0.3 is 25.9 Å². The van der Waals surface area contributed by atoms with Gasteiger partial charge in [-0.05, 0) is 74.4 Å². The Morgan fingerprint density at radius 1 is 1.17 bits per heavy atom. The first-order chi connectivity index (χ1) is 19.5. The van der Waals surface area contributed by atoms with Crippen LogP contribution in [0.4, 0.5) is 10.1 Å². The molecule has 1 amide bonds. The zero-order valence-electron chi connectivity index (χ0n) is 25.4. The lowest BCUT2D eigenvalue weighted by Gasteiger charge is -2.57. The van der Waals surface area contributed by atoms with Gasteiger partial charge in [-0.15, -0.1) is 0 Å². The lowest BCUT2D eigenvalue weighted by Crippen LogP contribution is -2.71. The van der Waals surface area contributed by atoms with Crippen LogP contribution in [-0.2, 0) is 15.0 Å². The van der Waals surface area contributed by atoms with Crippen LogP contribution in [0.15, 0.2) is 36.4 Å². The van der Waals surface area contributed by atoms with Crippen molar-refractivity contribution in [3.05, 3.63) is 63.4 Å². The van der Waals surface area contributed by atoms with Crippen molar-refractivity contribution >= 4 is 41.1 Å². The fraction of sp³-hybridized carbons (Fsp3) is 0.562. The zero-order valence-corrected chi connectivity index (χ0v) is 26.9. The van der Waals surface area contributed by atoms with E-state index >= 15 is 4.39 Å². The van der Waals surface area contributed by atoms with Crippen molar-refractivity contribution in [1.82, 2.24) is 16.0 Å². The van der Waals surface area contributed by atoms with E-state index < -0.39 is 34.3 Å². The average molecular weight is 622 g/mol. The van der Waals surface area contributed by atoms with Crippen LogP contribution in [-0.4, -0.2) is 60.2 Å². The molecule has 10 heteroatoms. The number of aliphatic hydroxyl groups excluding tert-OH is 1. The lowest BCUT2D eigenvalue weighted by atomic mass is 9.41. The summed E-state index contributed by atoms with van der Waals surface area (Å²) in [6.07, 6.45) is 1.02. The molecular weight excluding hydrogens is 578 g/mol. The molecule has 0 bridgehead atoms. The van der Waals surface area contributed by atoms with E-state index in [0.29, 0.717) is 41.2 Å². The highest BCUT2D eigenvalue weighted by molar-refractivity contribution is 6.31. The van der Waals surface area contributed by atoms with E-state index in [-0.39, 0.29) is 28.4 Å². The highest BCUT2D eigenvalue weighted by Gasteiger charge is 2.95. The number of hydrogen-bond donors (Lipinski definition) is 5. The van der Waals surface area contributed by atoms with Crippen LogP contribution < -0.4 is 21.3 Å². The van der Waals surface area contributed by atoms with Gasteiger partial charge in [0.15, 0.2) is 0 Å². The minimum atomic E-state index is -1.33. The van der Waals surface area contributed by atoms with Gasteiger partial charge in [0.2, 0.25) is 5.91 Å². The van der Waals surface area contributed by atoms with Gasteiger partial charge in [-0.2, -0.15) is 0 Å². The number of halogens is 3. The van der Waals surface area contributed by atoms with Gasteiger partial charge in [-0.1, -0.05) is 56.1 Å². The Morgan fingerprint density at radius 2 is 1.86 bits per heavy atom. The summed E-state index contributed by atoms with van der Waals surface area (Å²) in [6, 6.07) is 9.91. The van der Waals surface area contributed by atoms with E-state index in [1.165, 1.54) is 12.1 Å². The summed E-state index contributed by atoms with van der Waals surface area (Å²) in [7, 11) is 1.69. The number of hydrogen-bond acceptors (Lipinski definition) is 6. The number of benzene rings is 2. The van der Waals surface area contributed by atoms with Crippen LogP contribution in [0.1, 0.15) is 71.4 Å². The molecule has 2 aliphatic rings. The van der Waals surface area contributed by atoms with Gasteiger partial charge in [0, 0.05) is 42.3 Å². The van der Waals surface area contributed by atoms with Gasteiger partial charge in [0.25, 0.3) is 0 Å². The predicted molar refractivity (Wildman–Crippen MR) is 167 cm³/mol. The maximum absolute atomic E-state index is 15.1. The second-order valence-electron chi connectivity index (χ2n) is 13.9. The largest absolute Gasteiger partial charge is 0.392 e. The number of fused-ring (bicyclic) bond motifs is 1. The molecule has 1 saturated carbocycles. The number of carbonyl (C=O) groups excluding carboxylic acids is 2. The molecule has 2 fully saturated rings. The number of rotatable bonds is 11. The number of β-amino-alcohol motifs (C(OH)–C–C–N with tert-alkyl or cyclic N) is 1. The van der Waals surface area contributed by atoms with E-state index in [4.69, 9.17) is 23.2 Å². The van der Waals surface area contributed by atoms with Crippen molar-refractivity contribution in [2.24, 2.45) is 5.41 Å². The Balaban J connectivity index is 1.80. The molecule has 7 nitrogen and oxygen atoms in total. The molecule has 1 saturated heterocycles. The van der Waals surface area contributed by atoms with Crippen LogP contribution in [0, 0.1) is 11.2 Å². The fourth-order valence-corrected chi connectivity index (χ4v) is 7.36. The maximum atomic E-state index is 15.1. The normalized spacial score (nSPS) is 27.5. The average Bonchev–Trinajstić information content (AvgIpc) is 3.46. The Kier molecular flexibility index (Phi) is 8.84. The molecule has 0 aromatic heterocycles. The van der Waals surface area contributed by atoms with Gasteiger partial charge in [0.1, 0.15) is 17.6 Å². The smallest absolute Gasteiger partial charge is 0.242 e. The molecule has 4 rings (SSSR count). The molecule has 2 aromatic rings. The third kappa shape index (κ3) is 5.45. The van der Waals surface area contributed by atoms with Crippen molar-refractivity contribution in [3.63, 3.8) is 0 Å². The number of amides is 1. The summed E-state index contributed by atoms with van der Waals surface area (Å²) in [5.74, 6) is -1.63. The number of anilines is 1. The van der Waals surface area contributed by atoms with E-state index in [1.54, 1.807) is 25.2 Å². The van der Waals surface area contributed by atoms with Gasteiger partial charge in [0.05, 0.1) is 22.1 Å². The Hall–Kier alpha value is -2.23. The van der Waals surface area contributed by atoms with Gasteiger partial charge in [-0.25, -0.2) is 4.39 Å². The minimum Gasteiger partial charge on any atom is -0.392 e. The quantitative estimate of drug-likeness (QED) is 0.175. The predicted octanol–water partition coefficient (Wildman–Crippen LogP) is 5.18. The van der Waals surface area contributed by atoms with E-state index in [9.17, 15) is 14.7 Å². The Labute approximate surface area is 258 Å². The van der Waals surface area contributed by atoms with Crippen molar-refractivity contribution < 1.29 is 19.1 Å². The third-order valence-electron chi connectivity index (χ3n) is 8.54. The van der Waals surface area contributed by atoms with E-state index in [1.807, 2.05) is 47.6 Å². The number of aliphatic hydroxyl groups is 1. The lowest BCUT2D eigenvalue weighted by molar-refractivity contribution is -0.132. The number of carbonyl (C=O) groups is 2. The zero-order chi connectivity index (χ0) is 31.3. The molecule has 42 heavy (non-hydrogen) atoms. The van der Waals surface area contributed by atoms with E-state index in [2.05, 4.69) is 21.3 Å². The number of nitrogens with one attached hydrogen (secondary N) is 4. The topological polar surface area (TPSA) is 112 Å². The van der Waals surface area contributed by atoms with Gasteiger partial charge >= 0.3 is 0 Å². The summed E-state index contributed by atoms with van der Waals surface area (Å²) < 4.78 is 15.1. The summed E-state index contributed by atoms with van der Waals surface area (Å²) in [5, 5.41) is 23.8. The summed E-state index contributed by atoms with van der Waals surface area (Å²) >= 11 is 12.6. The second kappa shape index (κ2) is 11.4. The van der Waals surface area contributed by atoms with Crippen molar-refractivity contribution in [2.45, 2.75) is 88.4 Å². The van der Waals surface area contributed by atoms with Crippen LogP contribution in [0.2, 0.25) is 10.0 Å². The maximum Gasteiger partial charge on any atom is 0.242 e. The molecule has 0 spiro atoms. The van der Waals surface area contributed by atoms with E-state index in [0.717, 1.165) is 6.29 Å². The molecule has 5 atom stereocenters. The first kappa shape index (κ1) is 32.7. The first-order valence-electron chi connectivity index (χ1n) is 14.4. The van der Waals surface area contributed by atoms with Crippen molar-refractivity contribution in [1.29, 1.82) is 0 Å². The van der Waals surface area contributed by atoms with Crippen LogP contribution in [0.25, 0.3) is 0 Å². The van der Waals surface area contributed by atoms with Crippen LogP contribution in [0.3, 0.4) is 0 Å². The third-order valence-corrected chi connectivity index (χ3v) is 9.07. The monoisotopic (exact) mass is 620 g/mol. The summed E-state index contributed by atoms with van der Waals surface area (Å²) in [5.41, 5.74) is -2.35. The summed E-state index contributed by atoms with van der Waals surface area (Å²) in [6.45, 7) is 12.8. The van der Waals surface area contributed by atoms with Gasteiger partial charge in [-0.3, -0.25) is 10.1 Å². The molecular formula is C32H43Cl2FN4O3. The van der Waals surface area contributed by atoms with Crippen molar-refractivity contribution in [3.8, 4) is 0 Å². The molecule has 0 radical (unpaired) electrons. The first-order valence-corrected chi connectivity index (χ1v) is 15.1. The standard InChI is InChI=1S/C32H43Cl2FN4O3/c1-28(2,3)17-31-30(18-40,22-14-24(35)23(34)15-25(22)36-7)26(19-9-8-10-20(33)13-19)32(31,39-31)27(42)37-12-11-21(41)16-38-29(4,5)6/h8-10,13-15,18,21,26,36,38-39,41H,11-12,16-17H2,1-7H3,(H,37,42). The highest BCUT2D eigenvalue weighted by atomic mass is 35.5. The Morgan fingerprint density at radius 3 is 2.43 bits per heavy atom.